The van der Waals surface area contributed by atoms with Gasteiger partial charge >= 0.3 is 5.97 Å². The van der Waals surface area contributed by atoms with Crippen LogP contribution in [0.4, 0.5) is 5.82 Å². The van der Waals surface area contributed by atoms with Crippen molar-refractivity contribution in [1.82, 2.24) is 9.97 Å². The molecular formula is C14H19N3O2S2. The number of thiophene rings is 1. The van der Waals surface area contributed by atoms with Crippen LogP contribution in [0.3, 0.4) is 0 Å². The Bertz CT molecular complexity index is 670. The Morgan fingerprint density at radius 1 is 1.38 bits per heavy atom. The molecule has 0 radical (unpaired) electrons. The molecule has 1 atom stereocenters. The second kappa shape index (κ2) is 6.62. The zero-order valence-corrected chi connectivity index (χ0v) is 14.2. The molecule has 5 nitrogen and oxygen atoms in total. The third-order valence-corrected chi connectivity index (χ3v) is 5.11. The maximum absolute atomic E-state index is 11.4. The maximum Gasteiger partial charge on any atom is 0.326 e. The van der Waals surface area contributed by atoms with Crippen molar-refractivity contribution in [2.45, 2.75) is 33.2 Å². The summed E-state index contributed by atoms with van der Waals surface area (Å²) in [6.45, 7) is 5.89. The Kier molecular flexibility index (Phi) is 5.05. The fourth-order valence-corrected chi connectivity index (χ4v) is 3.67. The topological polar surface area (TPSA) is 75.1 Å². The number of thioether (sulfide) groups is 1. The van der Waals surface area contributed by atoms with E-state index >= 15 is 0 Å². The smallest absolute Gasteiger partial charge is 0.326 e. The van der Waals surface area contributed by atoms with Gasteiger partial charge in [-0.15, -0.1) is 11.3 Å². The predicted molar refractivity (Wildman–Crippen MR) is 89.7 cm³/mol. The molecule has 0 amide bonds. The Labute approximate surface area is 132 Å². The van der Waals surface area contributed by atoms with Crippen molar-refractivity contribution in [3.05, 3.63) is 16.3 Å². The molecule has 114 valence electrons. The lowest BCUT2D eigenvalue weighted by Crippen LogP contribution is -2.30. The van der Waals surface area contributed by atoms with Crippen LogP contribution in [0.15, 0.2) is 0 Å². The number of carboxylic acid groups (broad SMARTS) is 1. The molecule has 21 heavy (non-hydrogen) atoms. The maximum atomic E-state index is 11.4. The van der Waals surface area contributed by atoms with Gasteiger partial charge in [0.05, 0.1) is 5.39 Å². The van der Waals surface area contributed by atoms with E-state index in [4.69, 9.17) is 0 Å². The van der Waals surface area contributed by atoms with Crippen LogP contribution in [-0.4, -0.2) is 39.1 Å². The number of carbonyl (C=O) groups is 1. The normalized spacial score (nSPS) is 12.6. The van der Waals surface area contributed by atoms with E-state index in [2.05, 4.69) is 15.3 Å². The minimum absolute atomic E-state index is 0.559. The fraction of sp³-hybridized carbons (Fsp3) is 0.500. The number of rotatable bonds is 6. The van der Waals surface area contributed by atoms with Gasteiger partial charge in [0.15, 0.2) is 0 Å². The lowest BCUT2D eigenvalue weighted by atomic mass is 10.2. The summed E-state index contributed by atoms with van der Waals surface area (Å²) < 4.78 is 0. The Morgan fingerprint density at radius 3 is 2.71 bits per heavy atom. The average Bonchev–Trinajstić information content (AvgIpc) is 2.69. The van der Waals surface area contributed by atoms with Gasteiger partial charge < -0.3 is 10.4 Å². The number of hydrogen-bond acceptors (Lipinski definition) is 6. The monoisotopic (exact) mass is 325 g/mol. The van der Waals surface area contributed by atoms with Crippen molar-refractivity contribution in [2.75, 3.05) is 17.3 Å². The molecule has 2 N–H and O–H groups in total. The SMILES string of the molecule is CSCC[C@H](Nc1nc(C)nc2sc(C)c(C)c12)C(=O)O. The highest BCUT2D eigenvalue weighted by molar-refractivity contribution is 7.98. The first-order valence-corrected chi connectivity index (χ1v) is 8.87. The molecule has 0 aromatic carbocycles. The van der Waals surface area contributed by atoms with Gasteiger partial charge in [0.1, 0.15) is 22.5 Å². The number of hydrogen-bond donors (Lipinski definition) is 2. The Hall–Kier alpha value is -1.34. The molecule has 2 rings (SSSR count). The molecular weight excluding hydrogens is 306 g/mol. The molecule has 0 aliphatic heterocycles. The van der Waals surface area contributed by atoms with Crippen molar-refractivity contribution in [2.24, 2.45) is 0 Å². The second-order valence-electron chi connectivity index (χ2n) is 4.90. The van der Waals surface area contributed by atoms with Gasteiger partial charge in [0.25, 0.3) is 0 Å². The lowest BCUT2D eigenvalue weighted by Gasteiger charge is -2.16. The van der Waals surface area contributed by atoms with E-state index in [1.165, 1.54) is 4.88 Å². The molecule has 0 unspecified atom stereocenters. The summed E-state index contributed by atoms with van der Waals surface area (Å²) in [5.41, 5.74) is 1.12. The van der Waals surface area contributed by atoms with E-state index in [1.807, 2.05) is 27.0 Å². The van der Waals surface area contributed by atoms with Gasteiger partial charge in [-0.3, -0.25) is 0 Å². The largest absolute Gasteiger partial charge is 0.480 e. The lowest BCUT2D eigenvalue weighted by molar-refractivity contribution is -0.137. The number of nitrogens with zero attached hydrogens (tertiary/aromatic N) is 2. The number of carboxylic acids is 1. The number of fused-ring (bicyclic) bond motifs is 1. The molecule has 2 aromatic rings. The van der Waals surface area contributed by atoms with E-state index in [0.717, 1.165) is 21.5 Å². The van der Waals surface area contributed by atoms with Crippen LogP contribution in [0, 0.1) is 20.8 Å². The van der Waals surface area contributed by atoms with E-state index in [1.54, 1.807) is 23.1 Å². The van der Waals surface area contributed by atoms with Crippen molar-refractivity contribution in [1.29, 1.82) is 0 Å². The van der Waals surface area contributed by atoms with Crippen molar-refractivity contribution in [3.63, 3.8) is 0 Å². The number of anilines is 1. The highest BCUT2D eigenvalue weighted by Gasteiger charge is 2.20. The second-order valence-corrected chi connectivity index (χ2v) is 7.09. The van der Waals surface area contributed by atoms with Crippen molar-refractivity contribution < 1.29 is 9.90 Å². The zero-order valence-electron chi connectivity index (χ0n) is 12.6. The van der Waals surface area contributed by atoms with Crippen LogP contribution < -0.4 is 5.32 Å². The summed E-state index contributed by atoms with van der Waals surface area (Å²) >= 11 is 3.26. The minimum Gasteiger partial charge on any atom is -0.480 e. The molecule has 2 aromatic heterocycles. The van der Waals surface area contributed by atoms with Crippen LogP contribution >= 0.6 is 23.1 Å². The highest BCUT2D eigenvalue weighted by Crippen LogP contribution is 2.33. The fourth-order valence-electron chi connectivity index (χ4n) is 2.12. The summed E-state index contributed by atoms with van der Waals surface area (Å²) in [4.78, 5) is 22.4. The summed E-state index contributed by atoms with van der Waals surface area (Å²) in [5.74, 6) is 1.23. The highest BCUT2D eigenvalue weighted by atomic mass is 32.2. The molecule has 0 spiro atoms. The van der Waals surface area contributed by atoms with Crippen LogP contribution in [0.5, 0.6) is 0 Å². The molecule has 7 heteroatoms. The summed E-state index contributed by atoms with van der Waals surface area (Å²) in [5, 5.41) is 13.4. The number of aliphatic carboxylic acids is 1. The molecule has 0 saturated heterocycles. The van der Waals surface area contributed by atoms with Gasteiger partial charge in [-0.25, -0.2) is 14.8 Å². The Balaban J connectivity index is 2.42. The predicted octanol–water partition coefficient (Wildman–Crippen LogP) is 3.23. The molecule has 0 bridgehead atoms. The van der Waals surface area contributed by atoms with Crippen LogP contribution in [0.25, 0.3) is 10.2 Å². The zero-order chi connectivity index (χ0) is 15.6. The quantitative estimate of drug-likeness (QED) is 0.849. The number of nitrogens with one attached hydrogen (secondary N) is 1. The summed E-state index contributed by atoms with van der Waals surface area (Å²) in [6.07, 6.45) is 2.53. The van der Waals surface area contributed by atoms with E-state index in [0.29, 0.717) is 18.1 Å². The van der Waals surface area contributed by atoms with Crippen LogP contribution in [-0.2, 0) is 4.79 Å². The molecule has 0 aliphatic rings. The first-order chi connectivity index (χ1) is 9.93. The van der Waals surface area contributed by atoms with Crippen molar-refractivity contribution >= 4 is 45.1 Å². The first kappa shape index (κ1) is 16.0. The van der Waals surface area contributed by atoms with Crippen LogP contribution in [0.2, 0.25) is 0 Å². The van der Waals surface area contributed by atoms with Gasteiger partial charge in [0, 0.05) is 4.88 Å². The number of aromatic nitrogens is 2. The van der Waals surface area contributed by atoms with E-state index < -0.39 is 12.0 Å². The molecule has 2 heterocycles. The molecule has 0 aliphatic carbocycles. The van der Waals surface area contributed by atoms with E-state index in [-0.39, 0.29) is 0 Å². The van der Waals surface area contributed by atoms with Gasteiger partial charge in [-0.05, 0) is 44.8 Å². The standard InChI is InChI=1S/C14H19N3O2S2/c1-7-8(2)21-13-11(7)12(15-9(3)16-13)17-10(14(18)19)5-6-20-4/h10H,5-6H2,1-4H3,(H,18,19)(H,15,16,17)/t10-/m0/s1. The van der Waals surface area contributed by atoms with Crippen LogP contribution in [0.1, 0.15) is 22.7 Å². The summed E-state index contributed by atoms with van der Waals surface area (Å²) in [7, 11) is 0. The average molecular weight is 325 g/mol. The van der Waals surface area contributed by atoms with Crippen molar-refractivity contribution in [3.8, 4) is 0 Å². The van der Waals surface area contributed by atoms with Gasteiger partial charge in [-0.2, -0.15) is 11.8 Å². The number of aryl methyl sites for hydroxylation is 3. The third kappa shape index (κ3) is 3.47. The third-order valence-electron chi connectivity index (χ3n) is 3.36. The first-order valence-electron chi connectivity index (χ1n) is 6.66. The summed E-state index contributed by atoms with van der Waals surface area (Å²) in [6, 6.07) is -0.630. The molecule has 0 fully saturated rings. The minimum atomic E-state index is -0.849. The van der Waals surface area contributed by atoms with E-state index in [9.17, 15) is 9.90 Å². The Morgan fingerprint density at radius 2 is 2.10 bits per heavy atom. The molecule has 0 saturated carbocycles. The van der Waals surface area contributed by atoms with Gasteiger partial charge in [0.2, 0.25) is 0 Å². The van der Waals surface area contributed by atoms with Gasteiger partial charge in [-0.1, -0.05) is 0 Å².